The van der Waals surface area contributed by atoms with E-state index in [1.807, 2.05) is 31.2 Å². The van der Waals surface area contributed by atoms with Gasteiger partial charge in [0.1, 0.15) is 17.6 Å². The van der Waals surface area contributed by atoms with Gasteiger partial charge in [-0.3, -0.25) is 4.79 Å². The Balaban J connectivity index is 1.77. The predicted octanol–water partition coefficient (Wildman–Crippen LogP) is 2.42. The van der Waals surface area contributed by atoms with Crippen LogP contribution < -0.4 is 9.47 Å². The molecule has 0 aromatic heterocycles. The lowest BCUT2D eigenvalue weighted by Crippen LogP contribution is -2.39. The summed E-state index contributed by atoms with van der Waals surface area (Å²) in [6.45, 7) is 2.27. The highest BCUT2D eigenvalue weighted by Gasteiger charge is 2.37. The van der Waals surface area contributed by atoms with Crippen LogP contribution >= 0.6 is 0 Å². The molecular formula is C14H18O4. The second-order valence-corrected chi connectivity index (χ2v) is 4.34. The zero-order valence-electron chi connectivity index (χ0n) is 10.7. The molecule has 0 spiro atoms. The number of hydrogen-bond donors (Lipinski definition) is 0. The standard InChI is InChI=1S/C14H18O4/c1-3-17-14(15)10-8-13(9-10)18-12-6-4-11(16-2)5-7-12/h4-7,10,13H,3,8-9H2,1-2H3. The number of esters is 1. The molecule has 0 heterocycles. The van der Waals surface area contributed by atoms with Crippen LogP contribution in [0.1, 0.15) is 19.8 Å². The Labute approximate surface area is 107 Å². The van der Waals surface area contributed by atoms with Crippen molar-refractivity contribution in [1.82, 2.24) is 0 Å². The summed E-state index contributed by atoms with van der Waals surface area (Å²) in [4.78, 5) is 11.4. The second-order valence-electron chi connectivity index (χ2n) is 4.34. The van der Waals surface area contributed by atoms with Gasteiger partial charge in [0.2, 0.25) is 0 Å². The van der Waals surface area contributed by atoms with E-state index in [0.29, 0.717) is 6.61 Å². The number of ether oxygens (including phenoxy) is 3. The third kappa shape index (κ3) is 2.94. The maximum atomic E-state index is 11.4. The largest absolute Gasteiger partial charge is 0.497 e. The second kappa shape index (κ2) is 5.76. The fraction of sp³-hybridized carbons (Fsp3) is 0.500. The zero-order valence-corrected chi connectivity index (χ0v) is 10.7. The molecule has 1 aromatic carbocycles. The van der Waals surface area contributed by atoms with Gasteiger partial charge in [0.25, 0.3) is 0 Å². The molecule has 1 fully saturated rings. The van der Waals surface area contributed by atoms with Crippen molar-refractivity contribution in [2.24, 2.45) is 5.92 Å². The molecule has 0 saturated heterocycles. The molecule has 0 bridgehead atoms. The molecule has 18 heavy (non-hydrogen) atoms. The summed E-state index contributed by atoms with van der Waals surface area (Å²) in [5.74, 6) is 1.52. The number of methoxy groups -OCH3 is 1. The maximum absolute atomic E-state index is 11.4. The van der Waals surface area contributed by atoms with Crippen LogP contribution in [0, 0.1) is 5.92 Å². The van der Waals surface area contributed by atoms with Crippen LogP contribution in [0.3, 0.4) is 0 Å². The van der Waals surface area contributed by atoms with Crippen LogP contribution in [-0.2, 0) is 9.53 Å². The summed E-state index contributed by atoms with van der Waals surface area (Å²) in [6, 6.07) is 7.46. The Morgan fingerprint density at radius 1 is 1.22 bits per heavy atom. The average Bonchev–Trinajstić information content (AvgIpc) is 2.34. The SMILES string of the molecule is CCOC(=O)C1CC(Oc2ccc(OC)cc2)C1. The normalized spacial score (nSPS) is 21.9. The first-order valence-electron chi connectivity index (χ1n) is 6.20. The quantitative estimate of drug-likeness (QED) is 0.753. The van der Waals surface area contributed by atoms with Gasteiger partial charge in [-0.15, -0.1) is 0 Å². The van der Waals surface area contributed by atoms with E-state index in [1.54, 1.807) is 7.11 Å². The monoisotopic (exact) mass is 250 g/mol. The van der Waals surface area contributed by atoms with Crippen molar-refractivity contribution in [1.29, 1.82) is 0 Å². The number of hydrogen-bond acceptors (Lipinski definition) is 4. The van der Waals surface area contributed by atoms with Crippen LogP contribution in [0.25, 0.3) is 0 Å². The van der Waals surface area contributed by atoms with E-state index in [2.05, 4.69) is 0 Å². The summed E-state index contributed by atoms with van der Waals surface area (Å²) in [6.07, 6.45) is 1.60. The Morgan fingerprint density at radius 2 is 1.83 bits per heavy atom. The van der Waals surface area contributed by atoms with Crippen molar-refractivity contribution in [2.75, 3.05) is 13.7 Å². The van der Waals surface area contributed by atoms with E-state index in [-0.39, 0.29) is 18.0 Å². The number of carbonyl (C=O) groups excluding carboxylic acids is 1. The molecule has 0 amide bonds. The van der Waals surface area contributed by atoms with E-state index in [4.69, 9.17) is 14.2 Å². The minimum atomic E-state index is -0.105. The summed E-state index contributed by atoms with van der Waals surface area (Å²) in [5.41, 5.74) is 0. The van der Waals surface area contributed by atoms with Crippen molar-refractivity contribution < 1.29 is 19.0 Å². The fourth-order valence-electron chi connectivity index (χ4n) is 1.96. The molecule has 0 N–H and O–H groups in total. The summed E-state index contributed by atoms with van der Waals surface area (Å²) in [7, 11) is 1.63. The lowest BCUT2D eigenvalue weighted by Gasteiger charge is -2.33. The van der Waals surface area contributed by atoms with Crippen molar-refractivity contribution in [3.63, 3.8) is 0 Å². The van der Waals surface area contributed by atoms with Crippen LogP contribution in [0.15, 0.2) is 24.3 Å². The van der Waals surface area contributed by atoms with Crippen LogP contribution in [0.5, 0.6) is 11.5 Å². The highest BCUT2D eigenvalue weighted by molar-refractivity contribution is 5.73. The van der Waals surface area contributed by atoms with E-state index < -0.39 is 0 Å². The van der Waals surface area contributed by atoms with E-state index in [9.17, 15) is 4.79 Å². The number of carbonyl (C=O) groups is 1. The lowest BCUT2D eigenvalue weighted by molar-refractivity contribution is -0.154. The predicted molar refractivity (Wildman–Crippen MR) is 66.8 cm³/mol. The van der Waals surface area contributed by atoms with Crippen molar-refractivity contribution in [3.8, 4) is 11.5 Å². The van der Waals surface area contributed by atoms with E-state index in [0.717, 1.165) is 24.3 Å². The van der Waals surface area contributed by atoms with Gasteiger partial charge in [-0.1, -0.05) is 0 Å². The van der Waals surface area contributed by atoms with Crippen LogP contribution in [-0.4, -0.2) is 25.8 Å². The van der Waals surface area contributed by atoms with Gasteiger partial charge in [-0.05, 0) is 44.0 Å². The van der Waals surface area contributed by atoms with Gasteiger partial charge in [-0.25, -0.2) is 0 Å². The summed E-state index contributed by atoms with van der Waals surface area (Å²) >= 11 is 0. The molecule has 1 aromatic rings. The van der Waals surface area contributed by atoms with Crippen LogP contribution in [0.4, 0.5) is 0 Å². The molecule has 1 saturated carbocycles. The molecular weight excluding hydrogens is 232 g/mol. The Morgan fingerprint density at radius 3 is 2.39 bits per heavy atom. The van der Waals surface area contributed by atoms with Gasteiger partial charge in [0, 0.05) is 0 Å². The Kier molecular flexibility index (Phi) is 4.07. The first-order chi connectivity index (χ1) is 8.72. The van der Waals surface area contributed by atoms with Gasteiger partial charge < -0.3 is 14.2 Å². The summed E-state index contributed by atoms with van der Waals surface area (Å²) in [5, 5.41) is 0. The molecule has 1 aliphatic carbocycles. The number of rotatable bonds is 5. The van der Waals surface area contributed by atoms with Crippen molar-refractivity contribution in [2.45, 2.75) is 25.9 Å². The van der Waals surface area contributed by atoms with Gasteiger partial charge in [0.15, 0.2) is 0 Å². The third-order valence-electron chi connectivity index (χ3n) is 3.08. The molecule has 0 atom stereocenters. The fourth-order valence-corrected chi connectivity index (χ4v) is 1.96. The maximum Gasteiger partial charge on any atom is 0.309 e. The van der Waals surface area contributed by atoms with E-state index >= 15 is 0 Å². The van der Waals surface area contributed by atoms with Crippen LogP contribution in [0.2, 0.25) is 0 Å². The molecule has 4 heteroatoms. The lowest BCUT2D eigenvalue weighted by atomic mass is 9.82. The highest BCUT2D eigenvalue weighted by atomic mass is 16.5. The minimum Gasteiger partial charge on any atom is -0.497 e. The third-order valence-corrected chi connectivity index (χ3v) is 3.08. The van der Waals surface area contributed by atoms with Gasteiger partial charge >= 0.3 is 5.97 Å². The molecule has 0 unspecified atom stereocenters. The topological polar surface area (TPSA) is 44.8 Å². The Hall–Kier alpha value is -1.71. The van der Waals surface area contributed by atoms with Gasteiger partial charge in [-0.2, -0.15) is 0 Å². The molecule has 0 radical (unpaired) electrons. The molecule has 0 aliphatic heterocycles. The van der Waals surface area contributed by atoms with E-state index in [1.165, 1.54) is 0 Å². The molecule has 1 aliphatic rings. The van der Waals surface area contributed by atoms with Crippen molar-refractivity contribution >= 4 is 5.97 Å². The zero-order chi connectivity index (χ0) is 13.0. The minimum absolute atomic E-state index is 0.00759. The number of benzene rings is 1. The molecule has 98 valence electrons. The first kappa shape index (κ1) is 12.7. The van der Waals surface area contributed by atoms with Gasteiger partial charge in [0.05, 0.1) is 19.6 Å². The average molecular weight is 250 g/mol. The first-order valence-corrected chi connectivity index (χ1v) is 6.20. The summed E-state index contributed by atoms with van der Waals surface area (Å²) < 4.78 is 15.8. The highest BCUT2D eigenvalue weighted by Crippen LogP contribution is 2.32. The molecule has 4 nitrogen and oxygen atoms in total. The smallest absolute Gasteiger partial charge is 0.309 e. The Bertz CT molecular complexity index is 393. The molecule has 2 rings (SSSR count). The van der Waals surface area contributed by atoms with Crippen molar-refractivity contribution in [3.05, 3.63) is 24.3 Å².